The Bertz CT molecular complexity index is 2880. The van der Waals surface area contributed by atoms with E-state index in [-0.39, 0.29) is 58.0 Å². The van der Waals surface area contributed by atoms with Crippen LogP contribution in [0.2, 0.25) is 0 Å². The molecule has 2 fully saturated rings. The Morgan fingerprint density at radius 2 is 1.62 bits per heavy atom. The molecule has 3 unspecified atom stereocenters. The zero-order chi connectivity index (χ0) is 56.4. The maximum absolute atomic E-state index is 16.3. The molecule has 11 nitrogen and oxygen atoms in total. The molecule has 2 N–H and O–H groups in total. The molecule has 413 valence electrons. The zero-order valence-electron chi connectivity index (χ0n) is 44.5. The lowest BCUT2D eigenvalue weighted by Gasteiger charge is -2.33. The lowest BCUT2D eigenvalue weighted by Crippen LogP contribution is -2.35. The van der Waals surface area contributed by atoms with Gasteiger partial charge in [0.25, 0.3) is 25.3 Å². The summed E-state index contributed by atoms with van der Waals surface area (Å²) in [6, 6.07) is 7.82. The van der Waals surface area contributed by atoms with Crippen molar-refractivity contribution in [2.45, 2.75) is 161 Å². The van der Waals surface area contributed by atoms with Gasteiger partial charge < -0.3 is 20.2 Å². The minimum absolute atomic E-state index is 0.0307. The maximum atomic E-state index is 16.3. The van der Waals surface area contributed by atoms with Gasteiger partial charge in [0, 0.05) is 61.2 Å². The number of rotatable bonds is 19. The first-order valence-electron chi connectivity index (χ1n) is 25.9. The van der Waals surface area contributed by atoms with Crippen molar-refractivity contribution in [1.29, 1.82) is 5.41 Å². The van der Waals surface area contributed by atoms with Crippen LogP contribution in [0, 0.1) is 35.8 Å². The van der Waals surface area contributed by atoms with Crippen molar-refractivity contribution in [1.82, 2.24) is 29.5 Å². The smallest absolute Gasteiger partial charge is 0.293 e. The molecule has 5 aromatic rings. The van der Waals surface area contributed by atoms with Crippen LogP contribution < -0.4 is 10.8 Å². The SMILES string of the molecule is CC.CCCCCCOC.CCc1ccc(-n2c(C(Cc3cc(F)cc(F)c3)C(C)C)nc3nc(C4(F)CCC(F)(F)CC4)cc(C=O)c3c2=O)c(C)c1C(=N)[B]NC.O=CCn1nc(C(F)F)c2c1C(F)(F)C1CC21. The van der Waals surface area contributed by atoms with Crippen molar-refractivity contribution in [3.8, 4) is 5.69 Å². The second-order valence-electron chi connectivity index (χ2n) is 19.5. The largest absolute Gasteiger partial charge is 0.385 e. The van der Waals surface area contributed by atoms with Crippen LogP contribution in [0.3, 0.4) is 0 Å². The summed E-state index contributed by atoms with van der Waals surface area (Å²) >= 11 is 0. The number of alkyl halides is 7. The number of carbonyl (C=O) groups is 2. The van der Waals surface area contributed by atoms with Crippen LogP contribution in [0.4, 0.5) is 39.5 Å². The summed E-state index contributed by atoms with van der Waals surface area (Å²) in [5.74, 6) is -9.88. The van der Waals surface area contributed by atoms with Crippen molar-refractivity contribution < 1.29 is 53.8 Å². The third kappa shape index (κ3) is 13.3. The number of methoxy groups -OCH3 is 1. The van der Waals surface area contributed by atoms with E-state index in [1.54, 1.807) is 33.2 Å². The fraction of sp³-hybridized carbons (Fsp3) is 0.545. The lowest BCUT2D eigenvalue weighted by atomic mass is 9.77. The standard InChI is InChI=1S/C36H38BF5N5O2.C10H8F4N2O.C7H16O.C2H6/c1-6-22-7-8-27(20(4)29(22)31(43)37-44-5)47-33(26(19(2)3)15-21-13-24(38)17-25(39)14-21)46-32-30(34(47)49)23(18-48)16-28(45-32)35(40)9-11-36(41,42)12-10-35;11-9(12)7-6-4-3-5(4)10(13,14)8(6)16(15-7)1-2-17;1-3-4-5-6-7-8-2;1-2/h7-8,13-14,16-19,26,43-44H,6,9-12,15H2,1-5H3;2,4-5,9H,1,3H2;3-7H2,1-2H3;1-2H3. The normalized spacial score (nSPS) is 17.8. The van der Waals surface area contributed by atoms with Crippen LogP contribution in [-0.2, 0) is 40.5 Å². The van der Waals surface area contributed by atoms with Gasteiger partial charge in [-0.15, -0.1) is 0 Å². The lowest BCUT2D eigenvalue weighted by molar-refractivity contribution is -0.108. The number of hydrogen-bond acceptors (Lipinski definition) is 9. The van der Waals surface area contributed by atoms with E-state index in [9.17, 15) is 49.5 Å². The fourth-order valence-corrected chi connectivity index (χ4v) is 10.1. The average Bonchev–Trinajstić information content (AvgIpc) is 4.16. The Morgan fingerprint density at radius 1 is 0.961 bits per heavy atom. The van der Waals surface area contributed by atoms with E-state index in [1.165, 1.54) is 49.8 Å². The molecule has 3 aromatic heterocycles. The molecule has 3 aliphatic rings. The van der Waals surface area contributed by atoms with E-state index < -0.39 is 103 Å². The number of unbranched alkanes of at least 4 members (excludes halogenated alkanes) is 3. The summed E-state index contributed by atoms with van der Waals surface area (Å²) in [4.78, 5) is 46.8. The van der Waals surface area contributed by atoms with Gasteiger partial charge >= 0.3 is 0 Å². The second-order valence-corrected chi connectivity index (χ2v) is 19.5. The summed E-state index contributed by atoms with van der Waals surface area (Å²) in [6.07, 6.45) is 1.52. The van der Waals surface area contributed by atoms with Gasteiger partial charge in [0.2, 0.25) is 5.92 Å². The molecule has 3 heterocycles. The van der Waals surface area contributed by atoms with Crippen LogP contribution in [0.1, 0.15) is 179 Å². The molecule has 3 atom stereocenters. The topological polar surface area (TPSA) is 145 Å². The van der Waals surface area contributed by atoms with Gasteiger partial charge in [-0.1, -0.05) is 66.9 Å². The van der Waals surface area contributed by atoms with Gasteiger partial charge in [0.1, 0.15) is 35.1 Å². The maximum Gasteiger partial charge on any atom is 0.293 e. The highest BCUT2D eigenvalue weighted by atomic mass is 19.3. The minimum atomic E-state index is -3.14. The Kier molecular flexibility index (Phi) is 21.0. The van der Waals surface area contributed by atoms with E-state index in [4.69, 9.17) is 15.1 Å². The van der Waals surface area contributed by atoms with Crippen LogP contribution in [-0.4, -0.2) is 76.6 Å². The minimum Gasteiger partial charge on any atom is -0.385 e. The predicted octanol–water partition coefficient (Wildman–Crippen LogP) is 12.7. The molecule has 0 bridgehead atoms. The molecule has 2 saturated carbocycles. The van der Waals surface area contributed by atoms with E-state index in [0.717, 1.165) is 29.0 Å². The van der Waals surface area contributed by atoms with Gasteiger partial charge in [-0.2, -0.15) is 13.9 Å². The van der Waals surface area contributed by atoms with Crippen molar-refractivity contribution in [2.75, 3.05) is 20.8 Å². The summed E-state index contributed by atoms with van der Waals surface area (Å²) in [5.41, 5.74) is -1.91. The number of aromatic nitrogens is 5. The fourth-order valence-electron chi connectivity index (χ4n) is 10.1. The average molecular weight is 1070 g/mol. The molecule has 0 saturated heterocycles. The third-order valence-corrected chi connectivity index (χ3v) is 14.1. The molecule has 1 radical (unpaired) electrons. The quantitative estimate of drug-likeness (QED) is 0.0273. The Morgan fingerprint density at radius 3 is 2.17 bits per heavy atom. The Labute approximate surface area is 438 Å². The summed E-state index contributed by atoms with van der Waals surface area (Å²) < 4.78 is 133. The Balaban J connectivity index is 0.000000320. The van der Waals surface area contributed by atoms with E-state index in [1.807, 2.05) is 34.6 Å². The number of benzene rings is 2. The van der Waals surface area contributed by atoms with Gasteiger partial charge in [-0.05, 0) is 111 Å². The van der Waals surface area contributed by atoms with Crippen molar-refractivity contribution in [2.24, 2.45) is 11.8 Å². The van der Waals surface area contributed by atoms with Gasteiger partial charge in [0.15, 0.2) is 17.6 Å². The van der Waals surface area contributed by atoms with Crippen molar-refractivity contribution in [3.05, 3.63) is 115 Å². The van der Waals surface area contributed by atoms with Gasteiger partial charge in [0.05, 0.1) is 23.3 Å². The molecule has 0 amide bonds. The highest BCUT2D eigenvalue weighted by Crippen LogP contribution is 2.68. The molecule has 0 aliphatic heterocycles. The number of ether oxygens (including phenoxy) is 1. The number of fused-ring (bicyclic) bond motifs is 4. The zero-order valence-corrected chi connectivity index (χ0v) is 44.5. The molecular formula is C55H68BF9N7O4. The third-order valence-electron chi connectivity index (χ3n) is 14.1. The van der Waals surface area contributed by atoms with Crippen LogP contribution >= 0.6 is 0 Å². The number of aryl methyl sites for hydroxylation is 1. The molecule has 2 aromatic carbocycles. The number of carbonyl (C=O) groups excluding carboxylic acids is 2. The van der Waals surface area contributed by atoms with Crippen LogP contribution in [0.15, 0.2) is 41.2 Å². The number of halogens is 9. The predicted molar refractivity (Wildman–Crippen MR) is 275 cm³/mol. The highest BCUT2D eigenvalue weighted by molar-refractivity contribution is 6.76. The first-order valence-corrected chi connectivity index (χ1v) is 25.9. The van der Waals surface area contributed by atoms with E-state index in [2.05, 4.69) is 22.2 Å². The number of pyridine rings is 1. The van der Waals surface area contributed by atoms with Gasteiger partial charge in [-0.25, -0.2) is 40.7 Å². The highest BCUT2D eigenvalue weighted by Gasteiger charge is 2.67. The van der Waals surface area contributed by atoms with Gasteiger partial charge in [-0.3, -0.25) is 18.8 Å². The molecule has 0 spiro atoms. The number of nitrogens with zero attached hydrogens (tertiary/aromatic N) is 5. The number of aldehydes is 2. The number of nitrogens with one attached hydrogen (secondary N) is 2. The van der Waals surface area contributed by atoms with Crippen molar-refractivity contribution >= 4 is 36.6 Å². The van der Waals surface area contributed by atoms with Crippen LogP contribution in [0.25, 0.3) is 16.7 Å². The molecule has 76 heavy (non-hydrogen) atoms. The summed E-state index contributed by atoms with van der Waals surface area (Å²) in [5, 5.41) is 14.9. The first-order chi connectivity index (χ1) is 36.0. The first kappa shape index (κ1) is 61.2. The monoisotopic (exact) mass is 1070 g/mol. The Hall–Kier alpha value is -5.70. The van der Waals surface area contributed by atoms with Crippen molar-refractivity contribution in [3.63, 3.8) is 0 Å². The summed E-state index contributed by atoms with van der Waals surface area (Å²) in [6.45, 7) is 14.2. The van der Waals surface area contributed by atoms with E-state index in [0.29, 0.717) is 41.4 Å². The second kappa shape index (κ2) is 26.1. The van der Waals surface area contributed by atoms with Crippen LogP contribution in [0.5, 0.6) is 0 Å². The molecular weight excluding hydrogens is 1000 g/mol. The molecule has 21 heteroatoms. The molecule has 3 aliphatic carbocycles. The van der Waals surface area contributed by atoms with E-state index >= 15 is 4.39 Å². The number of hydrogen-bond donors (Lipinski definition) is 2. The molecule has 8 rings (SSSR count). The summed E-state index contributed by atoms with van der Waals surface area (Å²) in [7, 11) is 4.94.